The topological polar surface area (TPSA) is 43.4 Å². The van der Waals surface area contributed by atoms with Gasteiger partial charge in [-0.25, -0.2) is 17.2 Å². The quantitative estimate of drug-likeness (QED) is 0.809. The molecule has 2 unspecified atom stereocenters. The molecule has 128 valence electrons. The number of sulfone groups is 1. The van der Waals surface area contributed by atoms with Crippen LogP contribution in [0.2, 0.25) is 5.02 Å². The molecular weight excluding hydrogens is 358 g/mol. The van der Waals surface area contributed by atoms with Gasteiger partial charge in [-0.2, -0.15) is 0 Å². The highest BCUT2D eigenvalue weighted by molar-refractivity contribution is 7.91. The van der Waals surface area contributed by atoms with E-state index in [-0.39, 0.29) is 17.1 Å². The van der Waals surface area contributed by atoms with Crippen LogP contribution >= 0.6 is 11.6 Å². The summed E-state index contributed by atoms with van der Waals surface area (Å²) in [6.45, 7) is 0.585. The molecule has 1 fully saturated rings. The van der Waals surface area contributed by atoms with Crippen LogP contribution in [0.1, 0.15) is 17.2 Å². The molecule has 0 aliphatic carbocycles. The summed E-state index contributed by atoms with van der Waals surface area (Å²) in [5, 5.41) is -0.816. The summed E-state index contributed by atoms with van der Waals surface area (Å²) in [5.41, 5.74) is -0.166. The molecule has 0 bridgehead atoms. The van der Waals surface area contributed by atoms with Crippen molar-refractivity contribution < 1.29 is 21.9 Å². The van der Waals surface area contributed by atoms with Gasteiger partial charge in [0, 0.05) is 23.1 Å². The van der Waals surface area contributed by atoms with Crippen LogP contribution in [-0.2, 0) is 14.6 Å². The molecule has 2 atom stereocenters. The smallest absolute Gasteiger partial charge is 0.185 e. The Morgan fingerprint density at radius 2 is 1.83 bits per heavy atom. The van der Waals surface area contributed by atoms with Crippen LogP contribution in [0.15, 0.2) is 47.4 Å². The van der Waals surface area contributed by atoms with Crippen LogP contribution in [0.25, 0.3) is 0 Å². The van der Waals surface area contributed by atoms with Crippen LogP contribution in [0.4, 0.5) is 8.78 Å². The summed E-state index contributed by atoms with van der Waals surface area (Å²) < 4.78 is 59.4. The molecule has 1 heterocycles. The third-order valence-corrected chi connectivity index (χ3v) is 6.62. The molecule has 1 aliphatic rings. The standard InChI is InChI=1S/C17H15ClF2O3S/c18-12-1-4-14(5-2-12)24(21,22)17(11-7-8-23-10-11)15-9-13(19)3-6-16(15)20/h1-6,9,11,17H,7-8,10H2. The predicted octanol–water partition coefficient (Wildman–Crippen LogP) is 4.17. The van der Waals surface area contributed by atoms with Gasteiger partial charge in [0.2, 0.25) is 0 Å². The highest BCUT2D eigenvalue weighted by atomic mass is 35.5. The second kappa shape index (κ2) is 6.78. The van der Waals surface area contributed by atoms with Crippen molar-refractivity contribution in [2.75, 3.05) is 13.2 Å². The van der Waals surface area contributed by atoms with Gasteiger partial charge in [-0.05, 0) is 48.9 Å². The van der Waals surface area contributed by atoms with E-state index in [1.54, 1.807) is 0 Å². The van der Waals surface area contributed by atoms with Crippen LogP contribution < -0.4 is 0 Å². The number of halogens is 3. The van der Waals surface area contributed by atoms with Crippen molar-refractivity contribution in [2.45, 2.75) is 16.6 Å². The molecule has 1 aliphatic heterocycles. The Morgan fingerprint density at radius 1 is 1.12 bits per heavy atom. The Morgan fingerprint density at radius 3 is 2.46 bits per heavy atom. The van der Waals surface area contributed by atoms with Gasteiger partial charge in [0.05, 0.1) is 16.8 Å². The molecule has 3 nitrogen and oxygen atoms in total. The lowest BCUT2D eigenvalue weighted by atomic mass is 9.97. The molecule has 2 aromatic carbocycles. The highest BCUT2D eigenvalue weighted by Gasteiger charge is 2.39. The van der Waals surface area contributed by atoms with Gasteiger partial charge in [-0.1, -0.05) is 11.6 Å². The van der Waals surface area contributed by atoms with E-state index in [4.69, 9.17) is 16.3 Å². The molecule has 7 heteroatoms. The minimum absolute atomic E-state index is 0.0208. The number of benzene rings is 2. The first-order valence-electron chi connectivity index (χ1n) is 7.42. The second-order valence-electron chi connectivity index (χ2n) is 5.71. The van der Waals surface area contributed by atoms with E-state index < -0.39 is 32.6 Å². The maximum Gasteiger partial charge on any atom is 0.185 e. The summed E-state index contributed by atoms with van der Waals surface area (Å²) in [6, 6.07) is 8.53. The fourth-order valence-electron chi connectivity index (χ4n) is 2.97. The number of hydrogen-bond acceptors (Lipinski definition) is 3. The maximum atomic E-state index is 14.3. The maximum absolute atomic E-state index is 14.3. The van der Waals surface area contributed by atoms with Gasteiger partial charge in [0.15, 0.2) is 9.84 Å². The van der Waals surface area contributed by atoms with Crippen LogP contribution in [-0.4, -0.2) is 21.6 Å². The van der Waals surface area contributed by atoms with Crippen LogP contribution in [0.3, 0.4) is 0 Å². The highest BCUT2D eigenvalue weighted by Crippen LogP contribution is 2.40. The van der Waals surface area contributed by atoms with E-state index in [9.17, 15) is 17.2 Å². The van der Waals surface area contributed by atoms with E-state index in [2.05, 4.69) is 0 Å². The fraction of sp³-hybridized carbons (Fsp3) is 0.294. The van der Waals surface area contributed by atoms with Crippen molar-refractivity contribution in [3.05, 3.63) is 64.7 Å². The molecule has 2 aromatic rings. The van der Waals surface area contributed by atoms with Gasteiger partial charge in [0.25, 0.3) is 0 Å². The predicted molar refractivity (Wildman–Crippen MR) is 86.7 cm³/mol. The van der Waals surface area contributed by atoms with Crippen molar-refractivity contribution in [3.8, 4) is 0 Å². The Labute approximate surface area is 144 Å². The monoisotopic (exact) mass is 372 g/mol. The molecule has 0 saturated carbocycles. The summed E-state index contributed by atoms with van der Waals surface area (Å²) in [4.78, 5) is 0.0208. The van der Waals surface area contributed by atoms with Gasteiger partial charge in [-0.15, -0.1) is 0 Å². The minimum Gasteiger partial charge on any atom is -0.381 e. The Hall–Kier alpha value is -1.50. The van der Waals surface area contributed by atoms with Crippen LogP contribution in [0.5, 0.6) is 0 Å². The van der Waals surface area contributed by atoms with E-state index in [0.717, 1.165) is 18.2 Å². The van der Waals surface area contributed by atoms with Crippen molar-refractivity contribution >= 4 is 21.4 Å². The molecule has 0 amide bonds. The third-order valence-electron chi connectivity index (χ3n) is 4.13. The van der Waals surface area contributed by atoms with Gasteiger partial charge in [0.1, 0.15) is 11.6 Å². The van der Waals surface area contributed by atoms with Crippen molar-refractivity contribution in [1.82, 2.24) is 0 Å². The molecule has 24 heavy (non-hydrogen) atoms. The van der Waals surface area contributed by atoms with Crippen molar-refractivity contribution in [1.29, 1.82) is 0 Å². The largest absolute Gasteiger partial charge is 0.381 e. The van der Waals surface area contributed by atoms with Gasteiger partial charge >= 0.3 is 0 Å². The summed E-state index contributed by atoms with van der Waals surface area (Å²) in [5.74, 6) is -1.87. The normalized spacial score (nSPS) is 19.4. The lowest BCUT2D eigenvalue weighted by molar-refractivity contribution is 0.184. The van der Waals surface area contributed by atoms with E-state index in [1.807, 2.05) is 0 Å². The molecule has 1 saturated heterocycles. The summed E-state index contributed by atoms with van der Waals surface area (Å²) >= 11 is 5.81. The Balaban J connectivity index is 2.14. The molecule has 0 spiro atoms. The third kappa shape index (κ3) is 3.31. The molecule has 0 radical (unpaired) electrons. The zero-order valence-electron chi connectivity index (χ0n) is 12.6. The lowest BCUT2D eigenvalue weighted by Gasteiger charge is -2.23. The second-order valence-corrected chi connectivity index (χ2v) is 8.21. The molecular formula is C17H15ClF2O3S. The SMILES string of the molecule is O=S(=O)(c1ccc(Cl)cc1)C(c1cc(F)ccc1F)C1CCOC1. The average molecular weight is 373 g/mol. The van der Waals surface area contributed by atoms with E-state index in [1.165, 1.54) is 24.3 Å². The van der Waals surface area contributed by atoms with Gasteiger partial charge < -0.3 is 4.74 Å². The zero-order valence-corrected chi connectivity index (χ0v) is 14.2. The van der Waals surface area contributed by atoms with Gasteiger partial charge in [-0.3, -0.25) is 0 Å². The number of rotatable bonds is 4. The fourth-order valence-corrected chi connectivity index (χ4v) is 5.14. The molecule has 3 rings (SSSR count). The molecule has 0 aromatic heterocycles. The van der Waals surface area contributed by atoms with Crippen molar-refractivity contribution in [2.24, 2.45) is 5.92 Å². The Kier molecular flexibility index (Phi) is 4.90. The lowest BCUT2D eigenvalue weighted by Crippen LogP contribution is -2.24. The molecule has 0 N–H and O–H groups in total. The first-order valence-corrected chi connectivity index (χ1v) is 9.34. The number of hydrogen-bond donors (Lipinski definition) is 0. The summed E-state index contributed by atoms with van der Waals surface area (Å²) in [6.07, 6.45) is 0.466. The number of ether oxygens (including phenoxy) is 1. The average Bonchev–Trinajstić information content (AvgIpc) is 3.05. The Bertz CT molecular complexity index is 831. The first-order chi connectivity index (χ1) is 11.4. The summed E-state index contributed by atoms with van der Waals surface area (Å²) in [7, 11) is -3.94. The first kappa shape index (κ1) is 17.3. The van der Waals surface area contributed by atoms with E-state index >= 15 is 0 Å². The van der Waals surface area contributed by atoms with Crippen LogP contribution in [0, 0.1) is 17.6 Å². The van der Waals surface area contributed by atoms with E-state index in [0.29, 0.717) is 18.1 Å². The van der Waals surface area contributed by atoms with Crippen molar-refractivity contribution in [3.63, 3.8) is 0 Å². The minimum atomic E-state index is -3.94. The zero-order chi connectivity index (χ0) is 17.3.